The number of aromatic nitrogens is 3. The van der Waals surface area contributed by atoms with Gasteiger partial charge in [0.05, 0.1) is 24.8 Å². The topological polar surface area (TPSA) is 60.0 Å². The third-order valence-corrected chi connectivity index (χ3v) is 3.96. The molecular weight excluding hydrogens is 302 g/mol. The highest BCUT2D eigenvalue weighted by Crippen LogP contribution is 2.35. The van der Waals surface area contributed by atoms with E-state index in [0.29, 0.717) is 12.3 Å². The lowest BCUT2D eigenvalue weighted by Crippen LogP contribution is -1.95. The normalized spacial score (nSPS) is 11.1. The van der Waals surface area contributed by atoms with Crippen LogP contribution in [0.3, 0.4) is 0 Å². The predicted octanol–water partition coefficient (Wildman–Crippen LogP) is 4.19. The minimum Gasteiger partial charge on any atom is -0.497 e. The van der Waals surface area contributed by atoms with Gasteiger partial charge >= 0.3 is 0 Å². The van der Waals surface area contributed by atoms with Crippen LogP contribution in [0.1, 0.15) is 6.92 Å². The Hall–Kier alpha value is -3.08. The molecule has 5 heteroatoms. The number of hydrogen-bond donors (Lipinski definition) is 1. The van der Waals surface area contributed by atoms with Crippen molar-refractivity contribution < 1.29 is 9.47 Å². The van der Waals surface area contributed by atoms with Crippen molar-refractivity contribution >= 4 is 21.9 Å². The maximum Gasteiger partial charge on any atom is 0.178 e. The van der Waals surface area contributed by atoms with Crippen LogP contribution in [0.4, 0.5) is 0 Å². The second-order valence-electron chi connectivity index (χ2n) is 5.45. The van der Waals surface area contributed by atoms with Gasteiger partial charge in [0.1, 0.15) is 17.3 Å². The fraction of sp³-hybridized carbons (Fsp3) is 0.158. The van der Waals surface area contributed by atoms with Crippen LogP contribution in [-0.2, 0) is 0 Å². The van der Waals surface area contributed by atoms with Crippen molar-refractivity contribution in [2.75, 3.05) is 13.7 Å². The molecule has 0 aliphatic carbocycles. The predicted molar refractivity (Wildman–Crippen MR) is 94.6 cm³/mol. The Morgan fingerprint density at radius 1 is 1.08 bits per heavy atom. The highest BCUT2D eigenvalue weighted by Gasteiger charge is 2.13. The molecule has 0 aliphatic rings. The van der Waals surface area contributed by atoms with E-state index in [1.54, 1.807) is 13.3 Å². The number of fused-ring (bicyclic) bond motifs is 2. The summed E-state index contributed by atoms with van der Waals surface area (Å²) in [4.78, 5) is 12.2. The summed E-state index contributed by atoms with van der Waals surface area (Å²) in [7, 11) is 1.67. The molecule has 24 heavy (non-hydrogen) atoms. The maximum atomic E-state index is 5.85. The number of rotatable bonds is 4. The molecular formula is C19H17N3O2. The Bertz CT molecular complexity index is 991. The zero-order valence-corrected chi connectivity index (χ0v) is 13.5. The van der Waals surface area contributed by atoms with Crippen molar-refractivity contribution in [1.29, 1.82) is 0 Å². The number of ether oxygens (including phenoxy) is 2. The van der Waals surface area contributed by atoms with Gasteiger partial charge in [-0.1, -0.05) is 6.07 Å². The second-order valence-corrected chi connectivity index (χ2v) is 5.45. The first-order valence-corrected chi connectivity index (χ1v) is 7.84. The average molecular weight is 319 g/mol. The number of H-pyrrole nitrogens is 1. The first kappa shape index (κ1) is 14.5. The number of nitrogens with zero attached hydrogens (tertiary/aromatic N) is 2. The van der Waals surface area contributed by atoms with Crippen LogP contribution in [-0.4, -0.2) is 28.7 Å². The molecule has 0 fully saturated rings. The number of hydrogen-bond acceptors (Lipinski definition) is 4. The number of nitrogens with one attached hydrogen (secondary N) is 1. The zero-order chi connectivity index (χ0) is 16.5. The fourth-order valence-corrected chi connectivity index (χ4v) is 2.81. The summed E-state index contributed by atoms with van der Waals surface area (Å²) in [6.45, 7) is 2.56. The summed E-state index contributed by atoms with van der Waals surface area (Å²) >= 11 is 0. The molecule has 0 unspecified atom stereocenters. The summed E-state index contributed by atoms with van der Waals surface area (Å²) in [6.07, 6.45) is 1.74. The molecule has 0 aliphatic heterocycles. The van der Waals surface area contributed by atoms with E-state index >= 15 is 0 Å². The van der Waals surface area contributed by atoms with Gasteiger partial charge in [-0.2, -0.15) is 0 Å². The molecule has 5 nitrogen and oxygen atoms in total. The molecule has 0 radical (unpaired) electrons. The van der Waals surface area contributed by atoms with E-state index in [2.05, 4.69) is 21.0 Å². The highest BCUT2D eigenvalue weighted by atomic mass is 16.5. The van der Waals surface area contributed by atoms with Crippen molar-refractivity contribution in [3.63, 3.8) is 0 Å². The van der Waals surface area contributed by atoms with Crippen molar-refractivity contribution in [3.8, 4) is 22.9 Å². The standard InChI is InChI=1S/C19H17N3O2/c1-3-24-17-11-13-9-14(23-2)7-6-12(13)10-15(17)18-21-16-5-4-8-20-19(16)22-18/h4-11H,3H2,1-2H3,(H,20,21,22). The molecule has 0 amide bonds. The monoisotopic (exact) mass is 319 g/mol. The van der Waals surface area contributed by atoms with Crippen molar-refractivity contribution in [2.45, 2.75) is 6.92 Å². The second kappa shape index (κ2) is 5.85. The average Bonchev–Trinajstić information content (AvgIpc) is 3.04. The van der Waals surface area contributed by atoms with Gasteiger partial charge < -0.3 is 14.5 Å². The van der Waals surface area contributed by atoms with Gasteiger partial charge in [-0.3, -0.25) is 0 Å². The van der Waals surface area contributed by atoms with Gasteiger partial charge in [0.25, 0.3) is 0 Å². The van der Waals surface area contributed by atoms with E-state index in [0.717, 1.165) is 39.2 Å². The van der Waals surface area contributed by atoms with Crippen molar-refractivity contribution in [2.24, 2.45) is 0 Å². The summed E-state index contributed by atoms with van der Waals surface area (Å²) in [5.41, 5.74) is 2.53. The Kier molecular flexibility index (Phi) is 3.54. The minimum absolute atomic E-state index is 0.584. The third-order valence-electron chi connectivity index (χ3n) is 3.96. The lowest BCUT2D eigenvalue weighted by Gasteiger charge is -2.11. The first-order chi connectivity index (χ1) is 11.8. The van der Waals surface area contributed by atoms with Crippen LogP contribution in [0.2, 0.25) is 0 Å². The van der Waals surface area contributed by atoms with Gasteiger partial charge in [0.2, 0.25) is 0 Å². The smallest absolute Gasteiger partial charge is 0.178 e. The lowest BCUT2D eigenvalue weighted by molar-refractivity contribution is 0.342. The van der Waals surface area contributed by atoms with E-state index in [-0.39, 0.29) is 0 Å². The van der Waals surface area contributed by atoms with Crippen molar-refractivity contribution in [3.05, 3.63) is 48.7 Å². The van der Waals surface area contributed by atoms with E-state index in [1.165, 1.54) is 0 Å². The molecule has 0 saturated heterocycles. The molecule has 2 aromatic heterocycles. The van der Waals surface area contributed by atoms with Gasteiger partial charge in [0.15, 0.2) is 5.65 Å². The SMILES string of the molecule is CCOc1cc2cc(OC)ccc2cc1-c1nc2ncccc2[nH]1. The molecule has 2 aromatic carbocycles. The van der Waals surface area contributed by atoms with Crippen LogP contribution in [0.25, 0.3) is 33.3 Å². The Balaban J connectivity index is 1.93. The summed E-state index contributed by atoms with van der Waals surface area (Å²) in [6, 6.07) is 13.9. The molecule has 120 valence electrons. The number of methoxy groups -OCH3 is 1. The Labute approximate surface area is 139 Å². The van der Waals surface area contributed by atoms with Crippen LogP contribution in [0.15, 0.2) is 48.7 Å². The number of imidazole rings is 1. The number of aromatic amines is 1. The molecule has 4 rings (SSSR count). The van der Waals surface area contributed by atoms with Crippen LogP contribution < -0.4 is 9.47 Å². The summed E-state index contributed by atoms with van der Waals surface area (Å²) in [5, 5.41) is 2.17. The lowest BCUT2D eigenvalue weighted by atomic mass is 10.0. The first-order valence-electron chi connectivity index (χ1n) is 7.84. The van der Waals surface area contributed by atoms with E-state index in [4.69, 9.17) is 9.47 Å². The number of pyridine rings is 1. The van der Waals surface area contributed by atoms with Gasteiger partial charge in [0, 0.05) is 6.20 Å². The molecule has 0 saturated carbocycles. The quantitative estimate of drug-likeness (QED) is 0.613. The molecule has 4 aromatic rings. The minimum atomic E-state index is 0.584. The summed E-state index contributed by atoms with van der Waals surface area (Å²) in [5.74, 6) is 2.37. The Morgan fingerprint density at radius 3 is 2.79 bits per heavy atom. The van der Waals surface area contributed by atoms with Crippen LogP contribution in [0, 0.1) is 0 Å². The molecule has 1 N–H and O–H groups in total. The maximum absolute atomic E-state index is 5.85. The van der Waals surface area contributed by atoms with Gasteiger partial charge in [-0.15, -0.1) is 0 Å². The Morgan fingerprint density at radius 2 is 2.00 bits per heavy atom. The highest BCUT2D eigenvalue weighted by molar-refractivity contribution is 5.91. The van der Waals surface area contributed by atoms with Gasteiger partial charge in [-0.25, -0.2) is 9.97 Å². The van der Waals surface area contributed by atoms with Crippen LogP contribution >= 0.6 is 0 Å². The molecule has 2 heterocycles. The molecule has 0 spiro atoms. The molecule has 0 atom stereocenters. The summed E-state index contributed by atoms with van der Waals surface area (Å²) < 4.78 is 11.2. The van der Waals surface area contributed by atoms with Gasteiger partial charge in [-0.05, 0) is 54.1 Å². The van der Waals surface area contributed by atoms with E-state index in [1.807, 2.05) is 43.3 Å². The van der Waals surface area contributed by atoms with Crippen LogP contribution in [0.5, 0.6) is 11.5 Å². The van der Waals surface area contributed by atoms with Crippen molar-refractivity contribution in [1.82, 2.24) is 15.0 Å². The largest absolute Gasteiger partial charge is 0.497 e. The fourth-order valence-electron chi connectivity index (χ4n) is 2.81. The van der Waals surface area contributed by atoms with E-state index in [9.17, 15) is 0 Å². The number of benzene rings is 2. The molecule has 0 bridgehead atoms. The third kappa shape index (κ3) is 2.44. The van der Waals surface area contributed by atoms with E-state index < -0.39 is 0 Å². The zero-order valence-electron chi connectivity index (χ0n) is 13.5.